The molecule has 2 heterocycles. The van der Waals surface area contributed by atoms with Gasteiger partial charge in [0, 0.05) is 6.42 Å². The molecule has 0 radical (unpaired) electrons. The molecule has 464 valence electrons. The smallest absolute Gasteiger partial charge is 0.220 e. The van der Waals surface area contributed by atoms with Crippen LogP contribution in [0.4, 0.5) is 0 Å². The zero-order valence-corrected chi connectivity index (χ0v) is 50.1. The van der Waals surface area contributed by atoms with E-state index in [1.165, 1.54) is 135 Å². The fraction of sp³-hybridized carbons (Fsp3) is 0.803. The number of aliphatic hydroxyl groups excluding tert-OH is 8. The molecule has 0 saturated carbocycles. The van der Waals surface area contributed by atoms with Crippen LogP contribution in [0.2, 0.25) is 0 Å². The van der Waals surface area contributed by atoms with E-state index in [1.54, 1.807) is 6.08 Å². The molecule has 2 rings (SSSR count). The molecule has 9 N–H and O–H groups in total. The van der Waals surface area contributed by atoms with Crippen molar-refractivity contribution >= 4 is 5.91 Å². The predicted molar refractivity (Wildman–Crippen MR) is 323 cm³/mol. The molecule has 2 saturated heterocycles. The fourth-order valence-corrected chi connectivity index (χ4v) is 10.2. The van der Waals surface area contributed by atoms with Gasteiger partial charge >= 0.3 is 0 Å². The second-order valence-corrected chi connectivity index (χ2v) is 22.5. The van der Waals surface area contributed by atoms with Crippen LogP contribution in [0, 0.1) is 0 Å². The molecule has 12 atom stereocenters. The van der Waals surface area contributed by atoms with Crippen molar-refractivity contribution in [2.75, 3.05) is 19.8 Å². The Hall–Kier alpha value is -2.57. The third-order valence-electron chi connectivity index (χ3n) is 15.4. The summed E-state index contributed by atoms with van der Waals surface area (Å²) in [6.07, 6.45) is 51.2. The summed E-state index contributed by atoms with van der Waals surface area (Å²) in [5, 5.41) is 87.1. The summed E-state index contributed by atoms with van der Waals surface area (Å²) in [6.45, 7) is 2.65. The van der Waals surface area contributed by atoms with Crippen molar-refractivity contribution in [3.05, 3.63) is 72.9 Å². The van der Waals surface area contributed by atoms with Gasteiger partial charge in [-0.25, -0.2) is 0 Å². The van der Waals surface area contributed by atoms with Crippen LogP contribution in [0.15, 0.2) is 72.9 Å². The van der Waals surface area contributed by atoms with E-state index in [-0.39, 0.29) is 18.9 Å². The van der Waals surface area contributed by atoms with Crippen LogP contribution in [-0.4, -0.2) is 140 Å². The van der Waals surface area contributed by atoms with Gasteiger partial charge in [0.1, 0.15) is 48.8 Å². The van der Waals surface area contributed by atoms with E-state index in [0.717, 1.165) is 77.0 Å². The second-order valence-electron chi connectivity index (χ2n) is 22.5. The molecule has 0 aromatic rings. The average molecular weight is 1130 g/mol. The Morgan fingerprint density at radius 2 is 0.875 bits per heavy atom. The van der Waals surface area contributed by atoms with E-state index in [2.05, 4.69) is 79.9 Å². The number of nitrogens with one attached hydrogen (secondary N) is 1. The van der Waals surface area contributed by atoms with Crippen molar-refractivity contribution in [2.24, 2.45) is 0 Å². The second kappa shape index (κ2) is 50.9. The van der Waals surface area contributed by atoms with E-state index in [4.69, 9.17) is 18.9 Å². The Bertz CT molecular complexity index is 1620. The van der Waals surface area contributed by atoms with E-state index in [1.807, 2.05) is 6.08 Å². The highest BCUT2D eigenvalue weighted by Crippen LogP contribution is 2.30. The molecule has 0 bridgehead atoms. The van der Waals surface area contributed by atoms with Crippen LogP contribution in [0.3, 0.4) is 0 Å². The first-order chi connectivity index (χ1) is 39.1. The average Bonchev–Trinajstić information content (AvgIpc) is 3.46. The summed E-state index contributed by atoms with van der Waals surface area (Å²) in [5.74, 6) is -0.272. The van der Waals surface area contributed by atoms with Crippen molar-refractivity contribution in [3.8, 4) is 0 Å². The lowest BCUT2D eigenvalue weighted by molar-refractivity contribution is -0.359. The molecule has 14 nitrogen and oxygen atoms in total. The zero-order chi connectivity index (χ0) is 58.1. The summed E-state index contributed by atoms with van der Waals surface area (Å²) in [6, 6.07) is -0.951. The first-order valence-electron chi connectivity index (χ1n) is 32.2. The minimum atomic E-state index is -1.80. The lowest BCUT2D eigenvalue weighted by Gasteiger charge is -2.46. The Balaban J connectivity index is 1.72. The topological polar surface area (TPSA) is 228 Å². The predicted octanol–water partition coefficient (Wildman–Crippen LogP) is 11.9. The van der Waals surface area contributed by atoms with Gasteiger partial charge in [-0.3, -0.25) is 4.79 Å². The van der Waals surface area contributed by atoms with E-state index < -0.39 is 86.8 Å². The molecule has 2 fully saturated rings. The molecule has 80 heavy (non-hydrogen) atoms. The Labute approximate surface area is 485 Å². The molecule has 0 spiro atoms. The third kappa shape index (κ3) is 35.5. The first-order valence-corrected chi connectivity index (χ1v) is 32.2. The number of carbonyl (C=O) groups excluding carboxylic acids is 1. The molecule has 0 aliphatic carbocycles. The van der Waals surface area contributed by atoms with Crippen LogP contribution >= 0.6 is 0 Å². The maximum Gasteiger partial charge on any atom is 0.220 e. The highest BCUT2D eigenvalue weighted by atomic mass is 16.7. The number of hydrogen-bond donors (Lipinski definition) is 9. The highest BCUT2D eigenvalue weighted by Gasteiger charge is 2.51. The minimum absolute atomic E-state index is 0.247. The van der Waals surface area contributed by atoms with Crippen molar-refractivity contribution in [3.63, 3.8) is 0 Å². The van der Waals surface area contributed by atoms with Gasteiger partial charge in [0.2, 0.25) is 5.91 Å². The highest BCUT2D eigenvalue weighted by molar-refractivity contribution is 5.76. The molecule has 12 unspecified atom stereocenters. The molecule has 2 aliphatic rings. The third-order valence-corrected chi connectivity index (χ3v) is 15.4. The number of hydrogen-bond acceptors (Lipinski definition) is 13. The van der Waals surface area contributed by atoms with Gasteiger partial charge < -0.3 is 65.1 Å². The Morgan fingerprint density at radius 3 is 1.38 bits per heavy atom. The quantitative estimate of drug-likeness (QED) is 0.0204. The van der Waals surface area contributed by atoms with Gasteiger partial charge in [-0.1, -0.05) is 234 Å². The summed E-state index contributed by atoms with van der Waals surface area (Å²) in [4.78, 5) is 13.2. The Kier molecular flexibility index (Phi) is 46.8. The summed E-state index contributed by atoms with van der Waals surface area (Å²) in [5.41, 5.74) is 0. The SMILES string of the molecule is CC/C=C\C/C=C\C/C=C\CCCCCCCC(=O)NC(COC1OC(CO)C(OC2OC(CO)C(O)C(O)C2O)C(O)C1O)C(O)/C=C/CC/C=C/CC/C=C/CCCCCCCCCCCCCCCCCCCCCCC. The number of allylic oxidation sites excluding steroid dienone is 11. The normalized spacial score (nSPS) is 24.7. The molecule has 0 aromatic carbocycles. The maximum atomic E-state index is 13.2. The van der Waals surface area contributed by atoms with Gasteiger partial charge in [0.25, 0.3) is 0 Å². The molecule has 1 amide bonds. The molecular formula is C66H117NO13. The number of aliphatic hydroxyl groups is 8. The van der Waals surface area contributed by atoms with E-state index in [9.17, 15) is 45.6 Å². The number of unbranched alkanes of at least 4 members (excludes halogenated alkanes) is 28. The lowest BCUT2D eigenvalue weighted by atomic mass is 9.97. The fourth-order valence-electron chi connectivity index (χ4n) is 10.2. The summed E-state index contributed by atoms with van der Waals surface area (Å²) < 4.78 is 22.7. The van der Waals surface area contributed by atoms with Gasteiger partial charge in [0.05, 0.1) is 32.0 Å². The van der Waals surface area contributed by atoms with Crippen molar-refractivity contribution < 1.29 is 64.6 Å². The van der Waals surface area contributed by atoms with Gasteiger partial charge in [-0.2, -0.15) is 0 Å². The van der Waals surface area contributed by atoms with Crippen LogP contribution in [0.1, 0.15) is 245 Å². The zero-order valence-electron chi connectivity index (χ0n) is 50.1. The van der Waals surface area contributed by atoms with Crippen molar-refractivity contribution in [1.82, 2.24) is 5.32 Å². The largest absolute Gasteiger partial charge is 0.394 e. The van der Waals surface area contributed by atoms with Crippen LogP contribution in [-0.2, 0) is 23.7 Å². The standard InChI is InChI=1S/C66H117NO13/c1-3-5-7-9-11-13-15-17-19-20-21-22-23-24-25-26-27-28-29-30-31-32-33-34-36-37-39-41-43-45-47-49-55(70)54(67-58(71)50-48-46-44-42-40-38-35-18-16-14-12-10-8-6-4-2)53-77-65-63(76)61(74)64(57(52-69)79-65)80-66-62(75)60(73)59(72)56(51-68)78-66/h6,8,12,14,18,33-35,39,41,47,49,54-57,59-66,68-70,72-76H,3-5,7,9-11,13,15-17,19-32,36-38,40,42-46,48,50-53H2,1-2H3,(H,67,71)/b8-6-,14-12-,34-33+,35-18-,41-39+,49-47+. The number of ether oxygens (including phenoxy) is 4. The van der Waals surface area contributed by atoms with E-state index >= 15 is 0 Å². The van der Waals surface area contributed by atoms with E-state index in [0.29, 0.717) is 12.8 Å². The van der Waals surface area contributed by atoms with Gasteiger partial charge in [0.15, 0.2) is 12.6 Å². The lowest BCUT2D eigenvalue weighted by Crippen LogP contribution is -2.65. The number of amides is 1. The summed E-state index contributed by atoms with van der Waals surface area (Å²) >= 11 is 0. The molecule has 0 aromatic heterocycles. The number of rotatable bonds is 51. The maximum absolute atomic E-state index is 13.2. The van der Waals surface area contributed by atoms with Crippen LogP contribution in [0.25, 0.3) is 0 Å². The van der Waals surface area contributed by atoms with Crippen molar-refractivity contribution in [1.29, 1.82) is 0 Å². The molecule has 14 heteroatoms. The van der Waals surface area contributed by atoms with Crippen LogP contribution < -0.4 is 5.32 Å². The monoisotopic (exact) mass is 1130 g/mol. The van der Waals surface area contributed by atoms with Crippen LogP contribution in [0.5, 0.6) is 0 Å². The van der Waals surface area contributed by atoms with Gasteiger partial charge in [-0.15, -0.1) is 0 Å². The minimum Gasteiger partial charge on any atom is -0.394 e. The summed E-state index contributed by atoms with van der Waals surface area (Å²) in [7, 11) is 0. The molecule has 2 aliphatic heterocycles. The first kappa shape index (κ1) is 73.5. The number of carbonyl (C=O) groups is 1. The van der Waals surface area contributed by atoms with Gasteiger partial charge in [-0.05, 0) is 77.0 Å². The Morgan fingerprint density at radius 1 is 0.463 bits per heavy atom. The van der Waals surface area contributed by atoms with Crippen molar-refractivity contribution in [2.45, 2.75) is 319 Å². The molecular weight excluding hydrogens is 1010 g/mol.